The maximum absolute atomic E-state index is 13.0. The van der Waals surface area contributed by atoms with Crippen molar-refractivity contribution >= 4 is 11.7 Å². The number of nitrogens with zero attached hydrogens (tertiary/aromatic N) is 1. The van der Waals surface area contributed by atoms with Crippen molar-refractivity contribution < 1.29 is 23.6 Å². The standard InChI is InChI=1S/C9H8FNO5/c1-15-8-6(9(12)16-2)3-5(10)4-7(8)11(13)14/h3-4H,1-2H3. The smallest absolute Gasteiger partial charge is 0.342 e. The van der Waals surface area contributed by atoms with E-state index in [1.165, 1.54) is 0 Å². The maximum atomic E-state index is 13.0. The van der Waals surface area contributed by atoms with E-state index in [0.29, 0.717) is 6.07 Å². The van der Waals surface area contributed by atoms with Crippen LogP contribution in [0.1, 0.15) is 10.4 Å². The zero-order valence-electron chi connectivity index (χ0n) is 8.52. The number of methoxy groups -OCH3 is 2. The van der Waals surface area contributed by atoms with Gasteiger partial charge in [0.05, 0.1) is 25.2 Å². The number of nitro benzene ring substituents is 1. The van der Waals surface area contributed by atoms with Gasteiger partial charge < -0.3 is 9.47 Å². The summed E-state index contributed by atoms with van der Waals surface area (Å²) in [5, 5.41) is 10.6. The molecule has 1 aromatic carbocycles. The molecule has 0 bridgehead atoms. The van der Waals surface area contributed by atoms with E-state index in [1.807, 2.05) is 0 Å². The first-order chi connectivity index (χ1) is 7.51. The lowest BCUT2D eigenvalue weighted by atomic mass is 10.1. The first-order valence-electron chi connectivity index (χ1n) is 4.11. The predicted molar refractivity (Wildman–Crippen MR) is 50.9 cm³/mol. The summed E-state index contributed by atoms with van der Waals surface area (Å²) in [7, 11) is 2.23. The first kappa shape index (κ1) is 11.9. The minimum Gasteiger partial charge on any atom is -0.490 e. The number of benzene rings is 1. The van der Waals surface area contributed by atoms with Crippen molar-refractivity contribution in [1.82, 2.24) is 0 Å². The highest BCUT2D eigenvalue weighted by atomic mass is 19.1. The first-order valence-corrected chi connectivity index (χ1v) is 4.11. The Labute approximate surface area is 89.7 Å². The Balaban J connectivity index is 3.48. The number of nitro groups is 1. The van der Waals surface area contributed by atoms with Crippen LogP contribution in [0.15, 0.2) is 12.1 Å². The largest absolute Gasteiger partial charge is 0.490 e. The summed E-state index contributed by atoms with van der Waals surface area (Å²) in [6.07, 6.45) is 0. The molecule has 0 amide bonds. The van der Waals surface area contributed by atoms with Gasteiger partial charge in [-0.3, -0.25) is 10.1 Å². The van der Waals surface area contributed by atoms with E-state index in [9.17, 15) is 19.3 Å². The highest BCUT2D eigenvalue weighted by Gasteiger charge is 2.25. The van der Waals surface area contributed by atoms with Gasteiger partial charge >= 0.3 is 11.7 Å². The topological polar surface area (TPSA) is 78.7 Å². The van der Waals surface area contributed by atoms with Crippen LogP contribution in [0.25, 0.3) is 0 Å². The SMILES string of the molecule is COC(=O)c1cc(F)cc([N+](=O)[O-])c1OC. The lowest BCUT2D eigenvalue weighted by Crippen LogP contribution is -2.07. The van der Waals surface area contributed by atoms with Gasteiger partial charge in [0.1, 0.15) is 11.4 Å². The Kier molecular flexibility index (Phi) is 3.39. The third-order valence-electron chi connectivity index (χ3n) is 1.84. The summed E-state index contributed by atoms with van der Waals surface area (Å²) in [5.41, 5.74) is -0.945. The molecule has 1 rings (SSSR count). The molecule has 0 saturated heterocycles. The molecule has 0 fully saturated rings. The fourth-order valence-electron chi connectivity index (χ4n) is 1.19. The average molecular weight is 229 g/mol. The van der Waals surface area contributed by atoms with Gasteiger partial charge in [0.15, 0.2) is 0 Å². The van der Waals surface area contributed by atoms with Crippen LogP contribution in [0.3, 0.4) is 0 Å². The van der Waals surface area contributed by atoms with E-state index in [4.69, 9.17) is 4.74 Å². The van der Waals surface area contributed by atoms with Gasteiger partial charge in [-0.05, 0) is 6.07 Å². The Morgan fingerprint density at radius 3 is 2.50 bits per heavy atom. The zero-order chi connectivity index (χ0) is 12.3. The van der Waals surface area contributed by atoms with E-state index < -0.39 is 22.4 Å². The number of ether oxygens (including phenoxy) is 2. The van der Waals surface area contributed by atoms with Crippen molar-refractivity contribution in [2.45, 2.75) is 0 Å². The number of hydrogen-bond donors (Lipinski definition) is 0. The van der Waals surface area contributed by atoms with Gasteiger partial charge in [0, 0.05) is 0 Å². The van der Waals surface area contributed by atoms with Crippen molar-refractivity contribution in [3.8, 4) is 5.75 Å². The molecule has 0 heterocycles. The molecule has 0 atom stereocenters. The van der Waals surface area contributed by atoms with Crippen LogP contribution < -0.4 is 4.74 Å². The maximum Gasteiger partial charge on any atom is 0.342 e. The van der Waals surface area contributed by atoms with E-state index in [1.54, 1.807) is 0 Å². The fraction of sp³-hybridized carbons (Fsp3) is 0.222. The molecular formula is C9H8FNO5. The molecule has 0 aliphatic rings. The molecule has 1 aromatic rings. The normalized spacial score (nSPS) is 9.69. The van der Waals surface area contributed by atoms with E-state index in [2.05, 4.69) is 4.74 Å². The van der Waals surface area contributed by atoms with Crippen LogP contribution >= 0.6 is 0 Å². The van der Waals surface area contributed by atoms with Crippen LogP contribution in [0.5, 0.6) is 5.75 Å². The monoisotopic (exact) mass is 229 g/mol. The summed E-state index contributed by atoms with van der Waals surface area (Å²) in [5.74, 6) is -2.13. The number of esters is 1. The minimum atomic E-state index is -0.909. The van der Waals surface area contributed by atoms with Crippen molar-refractivity contribution in [2.24, 2.45) is 0 Å². The Hall–Kier alpha value is -2.18. The van der Waals surface area contributed by atoms with Crippen molar-refractivity contribution in [1.29, 1.82) is 0 Å². The quantitative estimate of drug-likeness (QED) is 0.446. The molecule has 0 radical (unpaired) electrons. The minimum absolute atomic E-state index is 0.321. The number of hydrogen-bond acceptors (Lipinski definition) is 5. The molecule has 86 valence electrons. The molecule has 16 heavy (non-hydrogen) atoms. The molecule has 7 heteroatoms. The Bertz CT molecular complexity index is 446. The molecule has 0 aliphatic carbocycles. The van der Waals surface area contributed by atoms with Crippen LogP contribution in [-0.2, 0) is 4.74 Å². The zero-order valence-corrected chi connectivity index (χ0v) is 8.52. The van der Waals surface area contributed by atoms with Gasteiger partial charge in [-0.25, -0.2) is 9.18 Å². The fourth-order valence-corrected chi connectivity index (χ4v) is 1.19. The predicted octanol–water partition coefficient (Wildman–Crippen LogP) is 1.53. The second kappa shape index (κ2) is 4.56. The molecule has 0 aromatic heterocycles. The van der Waals surface area contributed by atoms with Crippen LogP contribution in [0.4, 0.5) is 10.1 Å². The van der Waals surface area contributed by atoms with Crippen molar-refractivity contribution in [2.75, 3.05) is 14.2 Å². The number of halogens is 1. The third-order valence-corrected chi connectivity index (χ3v) is 1.84. The summed E-state index contributed by atoms with van der Waals surface area (Å²) >= 11 is 0. The van der Waals surface area contributed by atoms with Crippen LogP contribution in [0, 0.1) is 15.9 Å². The molecular weight excluding hydrogens is 221 g/mol. The summed E-state index contributed by atoms with van der Waals surface area (Å²) in [4.78, 5) is 21.0. The van der Waals surface area contributed by atoms with Crippen LogP contribution in [-0.4, -0.2) is 25.1 Å². The van der Waals surface area contributed by atoms with Gasteiger partial charge in [-0.1, -0.05) is 0 Å². The van der Waals surface area contributed by atoms with Crippen molar-refractivity contribution in [3.63, 3.8) is 0 Å². The Morgan fingerprint density at radius 2 is 2.06 bits per heavy atom. The second-order valence-corrected chi connectivity index (χ2v) is 2.75. The number of rotatable bonds is 3. The summed E-state index contributed by atoms with van der Waals surface area (Å²) < 4.78 is 22.1. The van der Waals surface area contributed by atoms with E-state index >= 15 is 0 Å². The summed E-state index contributed by atoms with van der Waals surface area (Å²) in [6, 6.07) is 1.49. The second-order valence-electron chi connectivity index (χ2n) is 2.75. The van der Waals surface area contributed by atoms with Gasteiger partial charge in [-0.2, -0.15) is 0 Å². The highest BCUT2D eigenvalue weighted by Crippen LogP contribution is 2.32. The average Bonchev–Trinajstić information content (AvgIpc) is 2.26. The van der Waals surface area contributed by atoms with Gasteiger partial charge in [0.25, 0.3) is 0 Å². The lowest BCUT2D eigenvalue weighted by molar-refractivity contribution is -0.386. The number of carbonyl (C=O) groups excluding carboxylic acids is 1. The summed E-state index contributed by atoms with van der Waals surface area (Å²) in [6.45, 7) is 0. The molecule has 6 nitrogen and oxygen atoms in total. The van der Waals surface area contributed by atoms with Gasteiger partial charge in [-0.15, -0.1) is 0 Å². The molecule has 0 saturated carbocycles. The molecule has 0 N–H and O–H groups in total. The third kappa shape index (κ3) is 2.08. The van der Waals surface area contributed by atoms with Crippen molar-refractivity contribution in [3.05, 3.63) is 33.6 Å². The Morgan fingerprint density at radius 1 is 1.44 bits per heavy atom. The van der Waals surface area contributed by atoms with Crippen LogP contribution in [0.2, 0.25) is 0 Å². The molecule has 0 unspecified atom stereocenters. The molecule has 0 spiro atoms. The van der Waals surface area contributed by atoms with E-state index in [0.717, 1.165) is 20.3 Å². The van der Waals surface area contributed by atoms with E-state index in [-0.39, 0.29) is 11.3 Å². The highest BCUT2D eigenvalue weighted by molar-refractivity contribution is 5.94. The molecule has 0 aliphatic heterocycles. The van der Waals surface area contributed by atoms with Gasteiger partial charge in [0.2, 0.25) is 5.75 Å². The number of carbonyl (C=O) groups is 1. The lowest BCUT2D eigenvalue weighted by Gasteiger charge is -2.07.